The summed E-state index contributed by atoms with van der Waals surface area (Å²) in [6, 6.07) is 6.54. The van der Waals surface area contributed by atoms with Crippen molar-refractivity contribution in [3.05, 3.63) is 24.3 Å². The number of carboxylic acids is 1. The van der Waals surface area contributed by atoms with Gasteiger partial charge in [0.2, 0.25) is 5.91 Å². The third kappa shape index (κ3) is 5.65. The first-order valence-corrected chi connectivity index (χ1v) is 6.89. The average Bonchev–Trinajstić information content (AvgIpc) is 2.38. The van der Waals surface area contributed by atoms with Crippen molar-refractivity contribution in [3.63, 3.8) is 0 Å². The van der Waals surface area contributed by atoms with Crippen molar-refractivity contribution in [2.24, 2.45) is 0 Å². The molecule has 0 unspecified atom stereocenters. The van der Waals surface area contributed by atoms with Gasteiger partial charge in [-0.3, -0.25) is 9.59 Å². The molecule has 0 saturated carbocycles. The van der Waals surface area contributed by atoms with Gasteiger partial charge in [0.1, 0.15) is 11.8 Å². The Morgan fingerprint density at radius 1 is 1.37 bits per heavy atom. The predicted octanol–water partition coefficient (Wildman–Crippen LogP) is 1.77. The van der Waals surface area contributed by atoms with Crippen molar-refractivity contribution in [1.82, 2.24) is 5.32 Å². The second kappa shape index (κ2) is 7.68. The zero-order valence-corrected chi connectivity index (χ0v) is 11.7. The van der Waals surface area contributed by atoms with E-state index in [0.29, 0.717) is 6.61 Å². The fraction of sp³-hybridized carbons (Fsp3) is 0.385. The van der Waals surface area contributed by atoms with Crippen LogP contribution in [0.3, 0.4) is 0 Å². The summed E-state index contributed by atoms with van der Waals surface area (Å²) in [6.07, 6.45) is 0. The molecule has 19 heavy (non-hydrogen) atoms. The number of ether oxygens (including phenoxy) is 1. The van der Waals surface area contributed by atoms with Gasteiger partial charge in [-0.1, -0.05) is 0 Å². The van der Waals surface area contributed by atoms with Gasteiger partial charge in [-0.25, -0.2) is 0 Å². The maximum atomic E-state index is 11.5. The van der Waals surface area contributed by atoms with Crippen LogP contribution in [0.25, 0.3) is 0 Å². The molecule has 1 aromatic rings. The molecule has 0 bridgehead atoms. The predicted molar refractivity (Wildman–Crippen MR) is 73.6 cm³/mol. The molecule has 104 valence electrons. The molecule has 0 aliphatic carbocycles. The monoisotopic (exact) mass is 283 g/mol. The minimum Gasteiger partial charge on any atom is -0.494 e. The van der Waals surface area contributed by atoms with Gasteiger partial charge in [0.05, 0.1) is 12.4 Å². The van der Waals surface area contributed by atoms with E-state index in [9.17, 15) is 9.59 Å². The molecule has 0 saturated heterocycles. The first kappa shape index (κ1) is 15.4. The van der Waals surface area contributed by atoms with E-state index in [2.05, 4.69) is 5.32 Å². The van der Waals surface area contributed by atoms with E-state index in [1.165, 1.54) is 18.7 Å². The maximum absolute atomic E-state index is 11.5. The minimum atomic E-state index is -1.04. The Labute approximate surface area is 116 Å². The largest absolute Gasteiger partial charge is 0.494 e. The van der Waals surface area contributed by atoms with E-state index in [4.69, 9.17) is 9.84 Å². The number of amides is 1. The molecule has 0 radical (unpaired) electrons. The number of benzene rings is 1. The first-order valence-electron chi connectivity index (χ1n) is 5.90. The Kier molecular flexibility index (Phi) is 6.21. The van der Waals surface area contributed by atoms with Gasteiger partial charge in [0.25, 0.3) is 0 Å². The molecule has 1 amide bonds. The van der Waals surface area contributed by atoms with E-state index in [0.717, 1.165) is 10.6 Å². The quantitative estimate of drug-likeness (QED) is 0.746. The molecule has 0 spiro atoms. The highest BCUT2D eigenvalue weighted by Crippen LogP contribution is 2.21. The summed E-state index contributed by atoms with van der Waals surface area (Å²) in [5.74, 6) is -0.366. The lowest BCUT2D eigenvalue weighted by Gasteiger charge is -2.09. The lowest BCUT2D eigenvalue weighted by molar-refractivity contribution is -0.140. The Hall–Kier alpha value is -1.69. The summed E-state index contributed by atoms with van der Waals surface area (Å²) in [5.41, 5.74) is 0. The van der Waals surface area contributed by atoms with Crippen LogP contribution in [0.2, 0.25) is 0 Å². The lowest BCUT2D eigenvalue weighted by Crippen LogP contribution is -2.39. The van der Waals surface area contributed by atoms with Crippen LogP contribution in [0, 0.1) is 0 Å². The number of thioether (sulfide) groups is 1. The highest BCUT2D eigenvalue weighted by Gasteiger charge is 2.13. The Morgan fingerprint density at radius 2 is 2.00 bits per heavy atom. The van der Waals surface area contributed by atoms with E-state index < -0.39 is 12.0 Å². The molecular formula is C13H17NO4S. The van der Waals surface area contributed by atoms with E-state index in [1.54, 1.807) is 0 Å². The number of hydrogen-bond acceptors (Lipinski definition) is 4. The fourth-order valence-corrected chi connectivity index (χ4v) is 2.00. The molecule has 6 heteroatoms. The minimum absolute atomic E-state index is 0.186. The van der Waals surface area contributed by atoms with E-state index in [-0.39, 0.29) is 11.7 Å². The fourth-order valence-electron chi connectivity index (χ4n) is 1.29. The molecular weight excluding hydrogens is 266 g/mol. The molecule has 1 rings (SSSR count). The number of hydrogen-bond donors (Lipinski definition) is 2. The van der Waals surface area contributed by atoms with E-state index >= 15 is 0 Å². The number of nitrogens with one attached hydrogen (secondary N) is 1. The van der Waals surface area contributed by atoms with Crippen LogP contribution in [0.15, 0.2) is 29.2 Å². The molecule has 0 aliphatic heterocycles. The Balaban J connectivity index is 2.39. The van der Waals surface area contributed by atoms with Crippen molar-refractivity contribution < 1.29 is 19.4 Å². The molecule has 1 aromatic carbocycles. The van der Waals surface area contributed by atoms with Crippen molar-refractivity contribution in [3.8, 4) is 5.75 Å². The average molecular weight is 283 g/mol. The summed E-state index contributed by atoms with van der Waals surface area (Å²) >= 11 is 1.35. The van der Waals surface area contributed by atoms with Crippen molar-refractivity contribution in [1.29, 1.82) is 0 Å². The topological polar surface area (TPSA) is 75.6 Å². The summed E-state index contributed by atoms with van der Waals surface area (Å²) in [5, 5.41) is 11.1. The molecule has 0 aliphatic rings. The third-order valence-electron chi connectivity index (χ3n) is 2.25. The second-order valence-electron chi connectivity index (χ2n) is 3.82. The number of carbonyl (C=O) groups is 2. The van der Waals surface area contributed by atoms with Crippen LogP contribution in [0.4, 0.5) is 0 Å². The van der Waals surface area contributed by atoms with Crippen LogP contribution < -0.4 is 10.1 Å². The van der Waals surface area contributed by atoms with Crippen molar-refractivity contribution >= 4 is 23.6 Å². The zero-order valence-electron chi connectivity index (χ0n) is 10.9. The van der Waals surface area contributed by atoms with E-state index in [1.807, 2.05) is 31.2 Å². The van der Waals surface area contributed by atoms with Crippen LogP contribution >= 0.6 is 11.8 Å². The molecule has 0 heterocycles. The highest BCUT2D eigenvalue weighted by molar-refractivity contribution is 8.00. The second-order valence-corrected chi connectivity index (χ2v) is 4.87. The molecule has 5 nitrogen and oxygen atoms in total. The van der Waals surface area contributed by atoms with Gasteiger partial charge >= 0.3 is 5.97 Å². The van der Waals surface area contributed by atoms with Crippen LogP contribution in [0.1, 0.15) is 13.8 Å². The van der Waals surface area contributed by atoms with Gasteiger partial charge in [0.15, 0.2) is 0 Å². The molecule has 0 aromatic heterocycles. The number of aliphatic carboxylic acids is 1. The zero-order chi connectivity index (χ0) is 14.3. The standard InChI is InChI=1S/C13H17NO4S/c1-3-18-10-4-6-11(7-5-10)19-8-12(15)14-9(2)13(16)17/h4-7,9H,3,8H2,1-2H3,(H,14,15)(H,16,17)/t9-/m1/s1. The third-order valence-corrected chi connectivity index (χ3v) is 3.26. The molecule has 1 atom stereocenters. The summed E-state index contributed by atoms with van der Waals surface area (Å²) in [7, 11) is 0. The maximum Gasteiger partial charge on any atom is 0.325 e. The van der Waals surface area contributed by atoms with Crippen LogP contribution in [-0.2, 0) is 9.59 Å². The SMILES string of the molecule is CCOc1ccc(SCC(=O)N[C@H](C)C(=O)O)cc1. The number of carboxylic acid groups (broad SMARTS) is 1. The number of carbonyl (C=O) groups excluding carboxylic acids is 1. The molecule has 0 fully saturated rings. The van der Waals surface area contributed by atoms with Gasteiger partial charge in [-0.05, 0) is 38.1 Å². The Morgan fingerprint density at radius 3 is 2.53 bits per heavy atom. The van der Waals surface area contributed by atoms with Gasteiger partial charge in [0, 0.05) is 4.90 Å². The normalized spacial score (nSPS) is 11.7. The summed E-state index contributed by atoms with van der Waals surface area (Å²) in [6.45, 7) is 3.96. The molecule has 2 N–H and O–H groups in total. The van der Waals surface area contributed by atoms with Crippen LogP contribution in [0.5, 0.6) is 5.75 Å². The summed E-state index contributed by atoms with van der Waals surface area (Å²) < 4.78 is 5.31. The Bertz CT molecular complexity index is 433. The first-order chi connectivity index (χ1) is 9.02. The highest BCUT2D eigenvalue weighted by atomic mass is 32.2. The van der Waals surface area contributed by atoms with Gasteiger partial charge < -0.3 is 15.2 Å². The van der Waals surface area contributed by atoms with Crippen molar-refractivity contribution in [2.75, 3.05) is 12.4 Å². The van der Waals surface area contributed by atoms with Crippen molar-refractivity contribution in [2.45, 2.75) is 24.8 Å². The van der Waals surface area contributed by atoms with Gasteiger partial charge in [-0.2, -0.15) is 0 Å². The van der Waals surface area contributed by atoms with Crippen LogP contribution in [-0.4, -0.2) is 35.4 Å². The van der Waals surface area contributed by atoms with Gasteiger partial charge in [-0.15, -0.1) is 11.8 Å². The lowest BCUT2D eigenvalue weighted by atomic mass is 10.3. The smallest absolute Gasteiger partial charge is 0.325 e. The number of rotatable bonds is 7. The summed E-state index contributed by atoms with van der Waals surface area (Å²) in [4.78, 5) is 23.0.